The van der Waals surface area contributed by atoms with Crippen LogP contribution in [0.1, 0.15) is 29.7 Å². The average Bonchev–Trinajstić information content (AvgIpc) is 3.32. The van der Waals surface area contributed by atoms with Crippen LogP contribution < -0.4 is 15.7 Å². The van der Waals surface area contributed by atoms with E-state index in [9.17, 15) is 14.7 Å². The lowest BCUT2D eigenvalue weighted by molar-refractivity contribution is -0.896. The molecule has 2 amide bonds. The molecule has 198 valence electrons. The molecule has 3 aromatic rings. The smallest absolute Gasteiger partial charge is 0.411 e. The van der Waals surface area contributed by atoms with E-state index < -0.39 is 6.09 Å². The fraction of sp³-hybridized carbons (Fsp3) is 0.357. The van der Waals surface area contributed by atoms with Gasteiger partial charge in [0.25, 0.3) is 0 Å². The number of carbonyl (C=O) groups excluding carboxylic acids is 2. The van der Waals surface area contributed by atoms with Crippen LogP contribution in [-0.4, -0.2) is 49.8 Å². The number of nitrogens with one attached hydrogen (secondary N) is 2. The van der Waals surface area contributed by atoms with E-state index in [-0.39, 0.29) is 42.6 Å². The second kappa shape index (κ2) is 13.4. The first-order valence-electron chi connectivity index (χ1n) is 12.3. The summed E-state index contributed by atoms with van der Waals surface area (Å²) in [5.41, 5.74) is 3.52. The summed E-state index contributed by atoms with van der Waals surface area (Å²) in [7, 11) is 4.39. The van der Waals surface area contributed by atoms with E-state index in [0.717, 1.165) is 47.1 Å². The van der Waals surface area contributed by atoms with E-state index in [2.05, 4.69) is 24.7 Å². The van der Waals surface area contributed by atoms with Crippen LogP contribution >= 0.6 is 35.3 Å². The van der Waals surface area contributed by atoms with Crippen LogP contribution in [0.15, 0.2) is 60.7 Å². The minimum absolute atomic E-state index is 0. The van der Waals surface area contributed by atoms with E-state index >= 15 is 0 Å². The zero-order valence-corrected chi connectivity index (χ0v) is 24.3. The molecule has 0 bridgehead atoms. The van der Waals surface area contributed by atoms with E-state index in [1.54, 1.807) is 12.1 Å². The van der Waals surface area contributed by atoms with E-state index in [0.29, 0.717) is 28.4 Å². The van der Waals surface area contributed by atoms with Crippen molar-refractivity contribution in [3.63, 3.8) is 0 Å². The first kappa shape index (κ1) is 29.1. The van der Waals surface area contributed by atoms with Crippen molar-refractivity contribution in [2.45, 2.75) is 38.4 Å². The van der Waals surface area contributed by atoms with Gasteiger partial charge in [0.05, 0.1) is 37.9 Å². The van der Waals surface area contributed by atoms with Gasteiger partial charge in [-0.1, -0.05) is 36.4 Å². The molecule has 1 aliphatic rings. The largest absolute Gasteiger partial charge is 0.850 e. The highest BCUT2D eigenvalue weighted by Gasteiger charge is 2.28. The summed E-state index contributed by atoms with van der Waals surface area (Å²) in [6.07, 6.45) is 2.07. The Labute approximate surface area is 239 Å². The highest BCUT2D eigenvalue weighted by Crippen LogP contribution is 2.30. The molecule has 9 heteroatoms. The number of piperidine rings is 1. The molecular formula is C28H34IN3O4S. The van der Waals surface area contributed by atoms with Gasteiger partial charge in [-0.2, -0.15) is 0 Å². The van der Waals surface area contributed by atoms with Crippen molar-refractivity contribution >= 4 is 58.0 Å². The Kier molecular flexibility index (Phi) is 10.5. The highest BCUT2D eigenvalue weighted by molar-refractivity contribution is 14.0. The van der Waals surface area contributed by atoms with Crippen LogP contribution in [0.4, 0.5) is 15.5 Å². The molecule has 1 fully saturated rings. The number of thiophene rings is 1. The van der Waals surface area contributed by atoms with Gasteiger partial charge >= 0.3 is 6.09 Å². The van der Waals surface area contributed by atoms with Gasteiger partial charge in [0, 0.05) is 24.8 Å². The minimum atomic E-state index is -0.440. The molecule has 0 saturated carbocycles. The van der Waals surface area contributed by atoms with Crippen LogP contribution in [0.5, 0.6) is 0 Å². The maximum absolute atomic E-state index is 12.7. The Balaban J connectivity index is 0.00000380. The van der Waals surface area contributed by atoms with Gasteiger partial charge < -0.3 is 19.6 Å². The second-order valence-corrected chi connectivity index (χ2v) is 11.0. The predicted octanol–water partition coefficient (Wildman–Crippen LogP) is 5.25. The van der Waals surface area contributed by atoms with Gasteiger partial charge in [-0.25, -0.2) is 4.79 Å². The average molecular weight is 636 g/mol. The summed E-state index contributed by atoms with van der Waals surface area (Å²) >= 11 is 1.30. The van der Waals surface area contributed by atoms with Crippen molar-refractivity contribution in [1.29, 1.82) is 0 Å². The molecule has 0 atom stereocenters. The molecule has 37 heavy (non-hydrogen) atoms. The van der Waals surface area contributed by atoms with Crippen molar-refractivity contribution < 1.29 is 23.9 Å². The van der Waals surface area contributed by atoms with Crippen LogP contribution in [-0.2, 0) is 22.6 Å². The molecular weight excluding hydrogens is 601 g/mol. The van der Waals surface area contributed by atoms with Gasteiger partial charge in [0.2, 0.25) is 5.91 Å². The van der Waals surface area contributed by atoms with Crippen molar-refractivity contribution in [2.75, 3.05) is 37.8 Å². The van der Waals surface area contributed by atoms with E-state index in [4.69, 9.17) is 4.74 Å². The number of hydrogen-bond acceptors (Lipinski definition) is 5. The number of aryl methyl sites for hydroxylation is 1. The first-order chi connectivity index (χ1) is 17.3. The zero-order valence-electron chi connectivity index (χ0n) is 21.2. The monoisotopic (exact) mass is 635 g/mol. The Morgan fingerprint density at radius 3 is 2.43 bits per heavy atom. The molecule has 0 spiro atoms. The zero-order chi connectivity index (χ0) is 25.5. The molecule has 0 unspecified atom stereocenters. The predicted molar refractivity (Wildman–Crippen MR) is 157 cm³/mol. The lowest BCUT2D eigenvalue weighted by atomic mass is 9.99. The summed E-state index contributed by atoms with van der Waals surface area (Å²) < 4.78 is 6.68. The third-order valence-corrected chi connectivity index (χ3v) is 7.47. The van der Waals surface area contributed by atoms with E-state index in [1.807, 2.05) is 48.5 Å². The van der Waals surface area contributed by atoms with Gasteiger partial charge in [-0.15, -0.1) is 41.9 Å². The Morgan fingerprint density at radius 2 is 1.76 bits per heavy atom. The molecule has 2 aromatic carbocycles. The number of halogens is 1. The maximum atomic E-state index is 12.7. The number of ether oxygens (including phenoxy) is 1. The van der Waals surface area contributed by atoms with Gasteiger partial charge in [0.1, 0.15) is 6.10 Å². The molecule has 4 rings (SSSR count). The normalized spacial score (nSPS) is 14.9. The Morgan fingerprint density at radius 1 is 1.03 bits per heavy atom. The lowest BCUT2D eigenvalue weighted by Gasteiger charge is -2.36. The Bertz CT molecular complexity index is 1190. The number of hydrogen-bond donors (Lipinski definition) is 2. The molecule has 1 aliphatic heterocycles. The summed E-state index contributed by atoms with van der Waals surface area (Å²) in [6.45, 7) is 1.69. The number of carbonyl (C=O) groups is 2. The van der Waals surface area contributed by atoms with Crippen LogP contribution in [0, 0.1) is 0 Å². The standard InChI is InChI=1S/C28H33N3O4S.HI/c1-31(2)16-14-22(15-17-31)35-28(34)29-25-11-8-20(18-24(25)21-6-4-3-5-7-21)9-12-26(33)30-27-13-10-23(19-32)36-27;/h3-8,10-11,13,18,22H,9,12,14-17,19H2,1-2H3,(H,29,34)(H,30,33);1H. The third kappa shape index (κ3) is 8.53. The number of rotatable bonds is 8. The SMILES string of the molecule is C[N+]1(C)CCC(OC(=O)Nc2ccc(CCC(=O)Nc3ccc(C[O-])s3)cc2-c2ccccc2)CC1.I. The molecule has 2 heterocycles. The molecule has 7 nitrogen and oxygen atoms in total. The summed E-state index contributed by atoms with van der Waals surface area (Å²) in [5.74, 6) is -0.101. The first-order valence-corrected chi connectivity index (χ1v) is 13.1. The second-order valence-electron chi connectivity index (χ2n) is 9.82. The van der Waals surface area contributed by atoms with Crippen molar-refractivity contribution in [3.05, 3.63) is 71.1 Å². The number of quaternary nitrogens is 1. The van der Waals surface area contributed by atoms with E-state index in [1.165, 1.54) is 11.3 Å². The van der Waals surface area contributed by atoms with Gasteiger partial charge in [0.15, 0.2) is 0 Å². The number of amides is 2. The quantitative estimate of drug-likeness (QED) is 0.262. The summed E-state index contributed by atoms with van der Waals surface area (Å²) in [4.78, 5) is 25.8. The van der Waals surface area contributed by atoms with Crippen LogP contribution in [0.25, 0.3) is 11.1 Å². The Hall–Kier alpha value is -2.47. The van der Waals surface area contributed by atoms with Gasteiger partial charge in [-0.05, 0) is 46.7 Å². The molecule has 2 N–H and O–H groups in total. The molecule has 0 aliphatic carbocycles. The number of anilines is 2. The third-order valence-electron chi connectivity index (χ3n) is 6.50. The number of nitrogens with zero attached hydrogens (tertiary/aromatic N) is 1. The fourth-order valence-corrected chi connectivity index (χ4v) is 5.12. The van der Waals surface area contributed by atoms with Crippen molar-refractivity contribution in [2.24, 2.45) is 0 Å². The van der Waals surface area contributed by atoms with Crippen LogP contribution in [0.2, 0.25) is 0 Å². The minimum Gasteiger partial charge on any atom is -0.850 e. The highest BCUT2D eigenvalue weighted by atomic mass is 127. The summed E-state index contributed by atoms with van der Waals surface area (Å²) in [6, 6.07) is 19.2. The van der Waals surface area contributed by atoms with Crippen LogP contribution in [0.3, 0.4) is 0 Å². The van der Waals surface area contributed by atoms with Crippen molar-refractivity contribution in [1.82, 2.24) is 0 Å². The maximum Gasteiger partial charge on any atom is 0.411 e. The molecule has 1 saturated heterocycles. The molecule has 1 aromatic heterocycles. The number of likely N-dealkylation sites (tertiary alicyclic amines) is 1. The fourth-order valence-electron chi connectivity index (χ4n) is 4.34. The van der Waals surface area contributed by atoms with Gasteiger partial charge in [-0.3, -0.25) is 10.1 Å². The summed E-state index contributed by atoms with van der Waals surface area (Å²) in [5, 5.41) is 17.5. The lowest BCUT2D eigenvalue weighted by Crippen LogP contribution is -2.48. The van der Waals surface area contributed by atoms with Crippen molar-refractivity contribution in [3.8, 4) is 11.1 Å². The molecule has 0 radical (unpaired) electrons. The topological polar surface area (TPSA) is 90.5 Å². The number of benzene rings is 2.